The van der Waals surface area contributed by atoms with Crippen molar-refractivity contribution in [3.8, 4) is 0 Å². The number of hydrogen-bond acceptors (Lipinski definition) is 33. The van der Waals surface area contributed by atoms with Gasteiger partial charge in [-0.05, 0) is 146 Å². The highest BCUT2D eigenvalue weighted by Crippen LogP contribution is 2.40. The maximum Gasteiger partial charge on any atom is 0.338 e. The second-order valence-electron chi connectivity index (χ2n) is 32.2. The molecule has 16 rings (SSSR count). The van der Waals surface area contributed by atoms with Crippen LogP contribution in [0.25, 0.3) is 0 Å². The van der Waals surface area contributed by atoms with E-state index in [1.165, 1.54) is 279 Å². The quantitative estimate of drug-likeness (QED) is 0.0279. The van der Waals surface area contributed by atoms with E-state index in [4.69, 9.17) is 90.0 Å². The molecule has 0 aromatic heterocycles. The molecule has 20 atom stereocenters. The zero-order chi connectivity index (χ0) is 98.1. The smallest absolute Gasteiger partial charge is 0.338 e. The topological polar surface area (TPSA) is 421 Å². The van der Waals surface area contributed by atoms with Gasteiger partial charge in [-0.3, -0.25) is 0 Å². The third-order valence-corrected chi connectivity index (χ3v) is 22.9. The monoisotopic (exact) mass is 1910 g/mol. The Morgan fingerprint density at radius 2 is 0.312 bits per heavy atom. The van der Waals surface area contributed by atoms with Crippen molar-refractivity contribution in [2.24, 2.45) is 0 Å². The lowest BCUT2D eigenvalue weighted by Gasteiger charge is -2.47. The Hall–Kier alpha value is -16.1. The Bertz CT molecular complexity index is 6230. The molecule has 720 valence electrons. The van der Waals surface area contributed by atoms with Gasteiger partial charge in [0.05, 0.1) is 93.2 Å². The number of rotatable bonds is 34. The third-order valence-electron chi connectivity index (χ3n) is 22.9. The molecule has 12 aromatic carbocycles. The fourth-order valence-corrected chi connectivity index (χ4v) is 15.8. The van der Waals surface area contributed by atoms with E-state index in [-0.39, 0.29) is 66.8 Å². The number of carbonyl (C=O) groups excluding carboxylic acids is 12. The molecule has 2 N–H and O–H groups in total. The van der Waals surface area contributed by atoms with Crippen molar-refractivity contribution in [1.29, 1.82) is 0 Å². The first kappa shape index (κ1) is 98.0. The molecule has 4 aliphatic rings. The second kappa shape index (κ2) is 47.3. The summed E-state index contributed by atoms with van der Waals surface area (Å²) in [5, 5.41) is 24.0. The molecule has 33 nitrogen and oxygen atoms in total. The van der Waals surface area contributed by atoms with Gasteiger partial charge >= 0.3 is 71.6 Å². The standard InChI is InChI=1S/C108H90O33/c109-61-77-81(130-93(110)65-37-13-1-14-38-65)86(135-98(115)70-47-23-6-24-48-70)90(139-102(119)74-55-31-10-32-56-74)106(127-77)124-63-79-83(132-95(112)67-41-17-3-18-42-67)88(137-100(117)72-51-27-8-28-52-72)92(141-104(121)76-59-35-12-36-60-76)108(129-79)125-64-80-84(133-96(113)68-43-19-4-20-44-68)87(136-99(116)71-49-25-7-26-50-71)91(140-103(120)75-57-33-11-34-58-75)107(128-80)123-62-78-82(131-94(111)66-39-15-2-16-40-66)85(134-97(114)69-45-21-5-22-46-69)89(105(122)126-78)138-101(118)73-53-29-9-30-54-73/h1-60,77-92,105-109,122H,61-64H2/t77-,78-,79-,80-,81-,82-,83-,84-,85+,86+,87+,88+,89-,90-,91-,92-,105-,106-,107-,108-/m1/s1. The number of benzene rings is 12. The van der Waals surface area contributed by atoms with Crippen LogP contribution in [0, 0.1) is 0 Å². The number of hydrogen-bond donors (Lipinski definition) is 2. The minimum atomic E-state index is -2.32. The van der Waals surface area contributed by atoms with Crippen molar-refractivity contribution in [2.75, 3.05) is 26.4 Å². The van der Waals surface area contributed by atoms with Crippen molar-refractivity contribution < 1.29 is 158 Å². The van der Waals surface area contributed by atoms with Gasteiger partial charge in [0.1, 0.15) is 24.4 Å². The van der Waals surface area contributed by atoms with Crippen LogP contribution < -0.4 is 0 Å². The van der Waals surface area contributed by atoms with Gasteiger partial charge in [-0.1, -0.05) is 218 Å². The zero-order valence-electron chi connectivity index (χ0n) is 74.6. The minimum absolute atomic E-state index is 0.0197. The third kappa shape index (κ3) is 24.7. The summed E-state index contributed by atoms with van der Waals surface area (Å²) in [7, 11) is 0. The summed E-state index contributed by atoms with van der Waals surface area (Å²) in [5.74, 6) is -13.5. The van der Waals surface area contributed by atoms with Crippen LogP contribution in [-0.4, -0.2) is 231 Å². The van der Waals surface area contributed by atoms with Crippen molar-refractivity contribution in [3.63, 3.8) is 0 Å². The van der Waals surface area contributed by atoms with E-state index in [0.717, 1.165) is 0 Å². The Morgan fingerprint density at radius 1 is 0.177 bits per heavy atom. The average Bonchev–Trinajstić information content (AvgIpc) is 0.767. The molecule has 4 aliphatic heterocycles. The van der Waals surface area contributed by atoms with E-state index >= 15 is 28.8 Å². The highest BCUT2D eigenvalue weighted by atomic mass is 16.8. The summed E-state index contributed by atoms with van der Waals surface area (Å²) >= 11 is 0. The first-order chi connectivity index (χ1) is 68.8. The Labute approximate surface area is 805 Å². The first-order valence-electron chi connectivity index (χ1n) is 44.7. The Kier molecular flexibility index (Phi) is 32.9. The summed E-state index contributed by atoms with van der Waals surface area (Å²) in [4.78, 5) is 179. The van der Waals surface area contributed by atoms with Crippen LogP contribution >= 0.6 is 0 Å². The molecule has 0 bridgehead atoms. The average molecular weight is 1920 g/mol. The van der Waals surface area contributed by atoms with Gasteiger partial charge in [0.15, 0.2) is 98.4 Å². The fourth-order valence-electron chi connectivity index (χ4n) is 15.8. The summed E-state index contributed by atoms with van der Waals surface area (Å²) < 4.78 is 124. The lowest BCUT2D eigenvalue weighted by molar-refractivity contribution is -0.343. The molecule has 4 heterocycles. The van der Waals surface area contributed by atoms with E-state index in [1.54, 1.807) is 84.9 Å². The molecular weight excluding hydrogens is 1830 g/mol. The number of aliphatic hydroxyl groups is 2. The SMILES string of the molecule is O=C(O[C@@H]1[C@@H](OC(=O)c2ccccc2)[C@H](O)O[C@H](CO[C@@H]2O[C@H](CO[C@@H]3O[C@H](CO[C@@H]4O[C@H](CO)[C@@H](OC(=O)c5ccccc5)[C@H](OC(=O)c5ccccc5)[C@H]4OC(=O)c4ccccc4)[C@@H](OC(=O)c4ccccc4)[C@H](OC(=O)c4ccccc4)[C@H]3OC(=O)c3ccccc3)[C@@H](OC(=O)c3ccccc3)[C@H](OC(=O)c3ccccc3)[C@H]2OC(=O)c2ccccc2)[C@H]1OC(=O)c1ccccc1)c1ccccc1. The summed E-state index contributed by atoms with van der Waals surface area (Å²) in [5.41, 5.74) is -1.19. The normalized spacial score (nSPS) is 24.0. The largest absolute Gasteiger partial charge is 0.452 e. The summed E-state index contributed by atoms with van der Waals surface area (Å²) in [6.07, 6.45) is -42.1. The van der Waals surface area contributed by atoms with Gasteiger partial charge in [0.2, 0.25) is 0 Å². The fraction of sp³-hybridized carbons (Fsp3) is 0.222. The van der Waals surface area contributed by atoms with E-state index in [9.17, 15) is 39.0 Å². The first-order valence-corrected chi connectivity index (χ1v) is 44.7. The number of esters is 12. The van der Waals surface area contributed by atoms with Crippen molar-refractivity contribution in [3.05, 3.63) is 431 Å². The van der Waals surface area contributed by atoms with Gasteiger partial charge in [0.25, 0.3) is 0 Å². The highest BCUT2D eigenvalue weighted by Gasteiger charge is 2.60. The molecule has 4 saturated heterocycles. The maximum atomic E-state index is 15.4. The van der Waals surface area contributed by atoms with E-state index in [0.29, 0.717) is 0 Å². The molecule has 12 aromatic rings. The number of carbonyl (C=O) groups is 12. The van der Waals surface area contributed by atoms with Crippen LogP contribution in [0.5, 0.6) is 0 Å². The number of aliphatic hydroxyl groups excluding tert-OH is 2. The molecule has 0 amide bonds. The van der Waals surface area contributed by atoms with Crippen LogP contribution in [0.15, 0.2) is 364 Å². The summed E-state index contributed by atoms with van der Waals surface area (Å²) in [6.45, 7) is -4.31. The lowest BCUT2D eigenvalue weighted by Crippen LogP contribution is -2.66. The number of ether oxygens (including phenoxy) is 19. The van der Waals surface area contributed by atoms with E-state index < -0.39 is 221 Å². The predicted octanol–water partition coefficient (Wildman–Crippen LogP) is 12.6. The van der Waals surface area contributed by atoms with E-state index in [2.05, 4.69) is 0 Å². The molecule has 0 spiro atoms. The molecule has 0 saturated carbocycles. The highest BCUT2D eigenvalue weighted by molar-refractivity contribution is 5.96. The van der Waals surface area contributed by atoms with Crippen molar-refractivity contribution in [1.82, 2.24) is 0 Å². The van der Waals surface area contributed by atoms with Crippen molar-refractivity contribution in [2.45, 2.75) is 123 Å². The molecular formula is C108H90O33. The molecule has 33 heteroatoms. The van der Waals surface area contributed by atoms with Crippen LogP contribution in [0.2, 0.25) is 0 Å². The van der Waals surface area contributed by atoms with Crippen LogP contribution in [0.4, 0.5) is 0 Å². The van der Waals surface area contributed by atoms with Crippen molar-refractivity contribution >= 4 is 71.6 Å². The van der Waals surface area contributed by atoms with Crippen LogP contribution in [-0.2, 0) is 90.0 Å². The molecule has 141 heavy (non-hydrogen) atoms. The Morgan fingerprint density at radius 3 is 0.489 bits per heavy atom. The molecule has 0 unspecified atom stereocenters. The van der Waals surface area contributed by atoms with E-state index in [1.807, 2.05) is 0 Å². The van der Waals surface area contributed by atoms with Gasteiger partial charge < -0.3 is 100 Å². The van der Waals surface area contributed by atoms with Gasteiger partial charge in [-0.25, -0.2) is 57.5 Å². The predicted molar refractivity (Wildman–Crippen MR) is 490 cm³/mol. The molecule has 0 aliphatic carbocycles. The van der Waals surface area contributed by atoms with Gasteiger partial charge in [-0.15, -0.1) is 0 Å². The van der Waals surface area contributed by atoms with Gasteiger partial charge in [-0.2, -0.15) is 0 Å². The summed E-state index contributed by atoms with van der Waals surface area (Å²) in [6, 6.07) is 88.8. The van der Waals surface area contributed by atoms with Crippen LogP contribution in [0.3, 0.4) is 0 Å². The van der Waals surface area contributed by atoms with Crippen LogP contribution in [0.1, 0.15) is 124 Å². The maximum absolute atomic E-state index is 15.4. The molecule has 4 fully saturated rings. The Balaban J connectivity index is 0.837. The molecule has 0 radical (unpaired) electrons. The minimum Gasteiger partial charge on any atom is -0.452 e. The zero-order valence-corrected chi connectivity index (χ0v) is 74.6. The van der Waals surface area contributed by atoms with Gasteiger partial charge in [0, 0.05) is 0 Å². The second-order valence-corrected chi connectivity index (χ2v) is 32.2. The lowest BCUT2D eigenvalue weighted by atomic mass is 9.96.